The van der Waals surface area contributed by atoms with Gasteiger partial charge in [0.25, 0.3) is 23.6 Å². The summed E-state index contributed by atoms with van der Waals surface area (Å²) in [5, 5.41) is 7.43. The van der Waals surface area contributed by atoms with Crippen LogP contribution in [0.2, 0.25) is 12.1 Å². The van der Waals surface area contributed by atoms with Gasteiger partial charge in [0, 0.05) is 55.4 Å². The lowest BCUT2D eigenvalue weighted by atomic mass is 10.1. The largest absolute Gasteiger partial charge is 0.306 e. The van der Waals surface area contributed by atoms with E-state index < -0.39 is 8.07 Å². The fraction of sp³-hybridized carbons (Fsp3) is 0.571. The van der Waals surface area contributed by atoms with Crippen LogP contribution in [-0.2, 0) is 19.2 Å². The Morgan fingerprint density at radius 2 is 0.545 bits per heavy atom. The van der Waals surface area contributed by atoms with Gasteiger partial charge in [-0.3, -0.25) is 19.2 Å². The molecule has 0 saturated heterocycles. The molecule has 0 N–H and O–H groups in total. The summed E-state index contributed by atoms with van der Waals surface area (Å²) in [4.78, 5) is 81.4. The Kier molecular flexibility index (Phi) is 28.7. The van der Waals surface area contributed by atoms with Crippen LogP contribution in [0, 0.1) is 0 Å². The van der Waals surface area contributed by atoms with Gasteiger partial charge in [-0.25, -0.2) is 0 Å². The average Bonchev–Trinajstić information content (AvgIpc) is 1.57. The fourth-order valence-electron chi connectivity index (χ4n) is 16.2. The molecule has 99 heavy (non-hydrogen) atoms. The summed E-state index contributed by atoms with van der Waals surface area (Å²) < 4.78 is 0. The SMILES string of the molecule is CCCCCCCCN1C(=O)C2=C(c3ccc(-c4cc5c(s4)-c4sc(-c6ccc(C7=C8C(=O)N(CCCCCCCC)C(c9cccs9)=C8C(=O)N7CCCCCCCC)s6)cc4[Si]5(CCCCCCCC)CCCCCCCC)s3)N(CCCCCCCC)C(=O)C2=C1c1cccs1. The summed E-state index contributed by atoms with van der Waals surface area (Å²) >= 11 is 10.8. The van der Waals surface area contributed by atoms with E-state index in [1.54, 1.807) is 55.7 Å². The maximum Gasteiger partial charge on any atom is 0.261 e. The van der Waals surface area contributed by atoms with Crippen molar-refractivity contribution in [2.45, 2.75) is 285 Å². The lowest BCUT2D eigenvalue weighted by Crippen LogP contribution is -2.54. The molecule has 0 aliphatic carbocycles. The van der Waals surface area contributed by atoms with E-state index in [9.17, 15) is 0 Å². The molecule has 11 rings (SSSR count). The highest BCUT2D eigenvalue weighted by Crippen LogP contribution is 2.54. The summed E-state index contributed by atoms with van der Waals surface area (Å²) in [6.45, 7) is 16.1. The predicted octanol–water partition coefficient (Wildman–Crippen LogP) is 24.7. The molecule has 8 nitrogen and oxygen atoms in total. The van der Waals surface area contributed by atoms with Gasteiger partial charge in [0.15, 0.2) is 0 Å². The van der Waals surface area contributed by atoms with Gasteiger partial charge in [-0.15, -0.1) is 68.0 Å². The van der Waals surface area contributed by atoms with Gasteiger partial charge in [-0.05, 0) is 107 Å². The topological polar surface area (TPSA) is 81.2 Å². The third-order valence-electron chi connectivity index (χ3n) is 21.6. The first-order chi connectivity index (χ1) is 48.6. The van der Waals surface area contributed by atoms with Crippen molar-refractivity contribution in [1.82, 2.24) is 19.6 Å². The van der Waals surface area contributed by atoms with Crippen molar-refractivity contribution in [3.05, 3.63) is 113 Å². The van der Waals surface area contributed by atoms with Gasteiger partial charge in [0.2, 0.25) is 0 Å². The minimum absolute atomic E-state index is 0.0122. The van der Waals surface area contributed by atoms with E-state index in [2.05, 4.69) is 113 Å². The monoisotopic (exact) mass is 1460 g/mol. The molecule has 534 valence electrons. The zero-order valence-corrected chi connectivity index (χ0v) is 66.9. The van der Waals surface area contributed by atoms with Crippen LogP contribution in [0.4, 0.5) is 0 Å². The number of unbranched alkanes of at least 4 members (excludes halogenated alkanes) is 30. The summed E-state index contributed by atoms with van der Waals surface area (Å²) in [6.07, 6.45) is 42.4. The third kappa shape index (κ3) is 17.1. The molecule has 0 saturated carbocycles. The number of hydrogen-bond acceptors (Lipinski definition) is 10. The number of carbonyl (C=O) groups excluding carboxylic acids is 4. The first kappa shape index (κ1) is 75.4. The molecular formula is C84H114N4O4S6Si. The van der Waals surface area contributed by atoms with Crippen molar-refractivity contribution in [1.29, 1.82) is 0 Å². The maximum absolute atomic E-state index is 15.4. The van der Waals surface area contributed by atoms with Crippen LogP contribution in [-0.4, -0.2) is 77.5 Å². The van der Waals surface area contributed by atoms with Crippen LogP contribution in [0.25, 0.3) is 52.1 Å². The summed E-state index contributed by atoms with van der Waals surface area (Å²) in [5.41, 5.74) is 5.74. The van der Waals surface area contributed by atoms with Gasteiger partial charge in [0.1, 0.15) is 8.07 Å². The Balaban J connectivity index is 0.979. The smallest absolute Gasteiger partial charge is 0.261 e. The van der Waals surface area contributed by atoms with Crippen LogP contribution in [0.3, 0.4) is 0 Å². The lowest BCUT2D eigenvalue weighted by Gasteiger charge is -2.29. The maximum atomic E-state index is 15.4. The minimum atomic E-state index is -2.35. The number of fused-ring (bicyclic) bond motifs is 5. The Labute approximate surface area is 620 Å². The summed E-state index contributed by atoms with van der Waals surface area (Å²) in [7, 11) is -2.35. The quantitative estimate of drug-likeness (QED) is 0.0282. The van der Waals surface area contributed by atoms with E-state index in [0.29, 0.717) is 48.5 Å². The van der Waals surface area contributed by atoms with E-state index >= 15 is 19.2 Å². The zero-order chi connectivity index (χ0) is 69.1. The number of thiophene rings is 6. The average molecular weight is 1460 g/mol. The van der Waals surface area contributed by atoms with Crippen molar-refractivity contribution >= 4 is 133 Å². The van der Waals surface area contributed by atoms with Crippen molar-refractivity contribution in [3.63, 3.8) is 0 Å². The van der Waals surface area contributed by atoms with Gasteiger partial charge >= 0.3 is 0 Å². The van der Waals surface area contributed by atoms with Gasteiger partial charge in [-0.2, -0.15) is 0 Å². The zero-order valence-electron chi connectivity index (χ0n) is 61.0. The van der Waals surface area contributed by atoms with Crippen LogP contribution < -0.4 is 10.4 Å². The second kappa shape index (κ2) is 37.6. The molecule has 0 radical (unpaired) electrons. The molecule has 0 spiro atoms. The Hall–Kier alpha value is -4.74. The second-order valence-electron chi connectivity index (χ2n) is 28.9. The standard InChI is InChI=1S/C84H114N4O4S6Si/c1-7-13-19-25-31-37-51-85-75(63-45-43-55-93-63)71-73(83(85)91)77(87(81(71)89)53-39-33-27-21-15-9-3)65-49-47-61(95-65)67-59-69-79(97-67)80-70(99(69,57-41-35-29-23-17-11-5)58-42-36-30-24-18-12-6)60-68(98-80)62-48-50-66(96-62)78-74-72(82(90)88(78)54-40-34-28-22-16-10-4)76(64-46-44-56-94-64)86(84(74)92)52-38-32-26-20-14-8-2/h43-50,55-56,59-60H,7-42,51-54,57-58H2,1-6H3. The molecule has 15 heteroatoms. The minimum Gasteiger partial charge on any atom is -0.306 e. The van der Waals surface area contributed by atoms with E-state index in [0.717, 1.165) is 119 Å². The number of nitrogens with zero attached hydrogens (tertiary/aromatic N) is 4. The van der Waals surface area contributed by atoms with E-state index in [1.165, 1.54) is 195 Å². The summed E-state index contributed by atoms with van der Waals surface area (Å²) in [5.74, 6) is -0.0489. The molecule has 0 unspecified atom stereocenters. The van der Waals surface area contributed by atoms with E-state index in [1.807, 2.05) is 42.3 Å². The lowest BCUT2D eigenvalue weighted by molar-refractivity contribution is -0.124. The van der Waals surface area contributed by atoms with Crippen LogP contribution in [0.1, 0.15) is 292 Å². The third-order valence-corrected chi connectivity index (χ3v) is 34.0. The van der Waals surface area contributed by atoms with Gasteiger partial charge < -0.3 is 19.6 Å². The van der Waals surface area contributed by atoms with Crippen molar-refractivity contribution in [2.24, 2.45) is 0 Å². The first-order valence-corrected chi connectivity index (χ1v) is 46.9. The molecule has 0 aromatic carbocycles. The predicted molar refractivity (Wildman–Crippen MR) is 432 cm³/mol. The summed E-state index contributed by atoms with van der Waals surface area (Å²) in [6, 6.07) is 25.2. The number of amides is 4. The molecule has 0 fully saturated rings. The van der Waals surface area contributed by atoms with E-state index in [-0.39, 0.29) is 23.6 Å². The molecule has 0 atom stereocenters. The molecule has 11 heterocycles. The molecule has 5 aliphatic heterocycles. The second-order valence-corrected chi connectivity index (χ2v) is 39.3. The van der Waals surface area contributed by atoms with Crippen molar-refractivity contribution in [3.8, 4) is 29.3 Å². The van der Waals surface area contributed by atoms with Crippen LogP contribution in [0.15, 0.2) is 93.7 Å². The highest BCUT2D eigenvalue weighted by Gasteiger charge is 2.52. The molecule has 5 aliphatic rings. The number of rotatable bonds is 48. The molecule has 6 aromatic heterocycles. The Morgan fingerprint density at radius 3 is 0.828 bits per heavy atom. The molecule has 0 bridgehead atoms. The number of carbonyl (C=O) groups is 4. The highest BCUT2D eigenvalue weighted by atomic mass is 32.1. The molecule has 6 aromatic rings. The first-order valence-electron chi connectivity index (χ1n) is 39.5. The molecular weight excluding hydrogens is 1350 g/mol. The van der Waals surface area contributed by atoms with Gasteiger partial charge in [0.05, 0.1) is 64.6 Å². The highest BCUT2D eigenvalue weighted by molar-refractivity contribution is 7.33. The fourth-order valence-corrected chi connectivity index (χ4v) is 29.5. The van der Waals surface area contributed by atoms with Gasteiger partial charge in [-0.1, -0.05) is 259 Å². The van der Waals surface area contributed by atoms with Crippen LogP contribution in [0.5, 0.6) is 0 Å². The Morgan fingerprint density at radius 1 is 0.283 bits per heavy atom. The van der Waals surface area contributed by atoms with E-state index in [4.69, 9.17) is 0 Å². The Bertz CT molecular complexity index is 3530. The molecule has 4 amide bonds. The van der Waals surface area contributed by atoms with Crippen molar-refractivity contribution in [2.75, 3.05) is 26.2 Å². The normalized spacial score (nSPS) is 15.8. The van der Waals surface area contributed by atoms with Crippen LogP contribution >= 0.6 is 68.0 Å². The van der Waals surface area contributed by atoms with Crippen molar-refractivity contribution < 1.29 is 19.2 Å². The number of hydrogen-bond donors (Lipinski definition) is 0.